The molecule has 0 fully saturated rings. The third kappa shape index (κ3) is 7.48. The van der Waals surface area contributed by atoms with E-state index in [1.807, 2.05) is 6.92 Å². The van der Waals surface area contributed by atoms with Crippen molar-refractivity contribution in [2.75, 3.05) is 25.5 Å². The number of benzene rings is 1. The number of aromatic nitrogens is 6. The summed E-state index contributed by atoms with van der Waals surface area (Å²) >= 11 is -3.15. The van der Waals surface area contributed by atoms with Gasteiger partial charge in [-0.1, -0.05) is 6.07 Å². The second-order valence-electron chi connectivity index (χ2n) is 11.1. The molecular formula is C28H35N8O8S2-. The lowest BCUT2D eigenvalue weighted by Crippen LogP contribution is -2.58. The van der Waals surface area contributed by atoms with Crippen molar-refractivity contribution in [2.24, 2.45) is 0 Å². The first-order valence-electron chi connectivity index (χ1n) is 13.7. The Kier molecular flexibility index (Phi) is 10.4. The van der Waals surface area contributed by atoms with Gasteiger partial charge >= 0.3 is 0 Å². The number of nitrogens with zero attached hydrogens (tertiary/aromatic N) is 6. The van der Waals surface area contributed by atoms with E-state index in [1.165, 1.54) is 51.2 Å². The van der Waals surface area contributed by atoms with Crippen LogP contribution in [0.25, 0.3) is 17.1 Å². The molecule has 4 rings (SSSR count). The summed E-state index contributed by atoms with van der Waals surface area (Å²) in [5.41, 5.74) is 0.734. The molecule has 0 aliphatic carbocycles. The topological polar surface area (TPSA) is 216 Å². The number of sulfonamides is 1. The van der Waals surface area contributed by atoms with Crippen LogP contribution >= 0.6 is 0 Å². The van der Waals surface area contributed by atoms with Crippen molar-refractivity contribution in [2.45, 2.75) is 51.2 Å². The van der Waals surface area contributed by atoms with Gasteiger partial charge in [-0.25, -0.2) is 27.8 Å². The number of pyridine rings is 1. The lowest BCUT2D eigenvalue weighted by atomic mass is 10.1. The van der Waals surface area contributed by atoms with Gasteiger partial charge in [0.1, 0.15) is 17.2 Å². The molecule has 3 heterocycles. The summed E-state index contributed by atoms with van der Waals surface area (Å²) in [6, 6.07) is 6.72. The van der Waals surface area contributed by atoms with Crippen molar-refractivity contribution < 1.29 is 36.5 Å². The number of rotatable bonds is 14. The van der Waals surface area contributed by atoms with Crippen LogP contribution in [-0.4, -0.2) is 83.3 Å². The van der Waals surface area contributed by atoms with Crippen LogP contribution in [0.3, 0.4) is 0 Å². The molecule has 16 nitrogen and oxygen atoms in total. The van der Waals surface area contributed by atoms with Crippen LogP contribution in [0.2, 0.25) is 0 Å². The van der Waals surface area contributed by atoms with E-state index >= 15 is 0 Å². The predicted octanol–water partition coefficient (Wildman–Crippen LogP) is 2.12. The van der Waals surface area contributed by atoms with Crippen molar-refractivity contribution in [1.29, 1.82) is 0 Å². The fourth-order valence-electron chi connectivity index (χ4n) is 4.42. The first-order valence-corrected chi connectivity index (χ1v) is 16.3. The highest BCUT2D eigenvalue weighted by Gasteiger charge is 2.51. The second-order valence-corrected chi connectivity index (χ2v) is 13.8. The molecule has 4 aromatic rings. The Hall–Kier alpha value is -4.07. The summed E-state index contributed by atoms with van der Waals surface area (Å²) in [4.78, 5) is 10.1. The van der Waals surface area contributed by atoms with E-state index in [4.69, 9.17) is 14.2 Å². The standard InChI is InChI=1S/C28H36N8O8S2/c1-17-11-19(15-29-12-17)25-32-33-26(36(25)22-20(42-6)9-8-10-21(22)43-7)34-46(40,41)28(5,35-45(38)39)23(44-16-27(3,4)37)24-30-13-18(2)14-31-24/h8-15,23,35,37H,16H2,1-7H3,(H,33,34)(H,38,39)/p-1/t23-,28+/m1/s1. The minimum Gasteiger partial charge on any atom is -0.760 e. The third-order valence-corrected chi connectivity index (χ3v) is 9.23. The van der Waals surface area contributed by atoms with Gasteiger partial charge in [0, 0.05) is 41.6 Å². The zero-order chi connectivity index (χ0) is 33.9. The highest BCUT2D eigenvalue weighted by atomic mass is 32.2. The fraction of sp³-hybridized carbons (Fsp3) is 0.393. The molecule has 0 amide bonds. The van der Waals surface area contributed by atoms with Gasteiger partial charge < -0.3 is 23.9 Å². The maximum Gasteiger partial charge on any atom is 0.257 e. The lowest BCUT2D eigenvalue weighted by molar-refractivity contribution is -0.0694. The average Bonchev–Trinajstić information content (AvgIpc) is 3.38. The van der Waals surface area contributed by atoms with Crippen LogP contribution < -0.4 is 18.9 Å². The first-order chi connectivity index (χ1) is 21.6. The zero-order valence-electron chi connectivity index (χ0n) is 26.2. The van der Waals surface area contributed by atoms with Gasteiger partial charge in [0.15, 0.2) is 22.6 Å². The molecule has 46 heavy (non-hydrogen) atoms. The number of hydrogen-bond acceptors (Lipinski definition) is 13. The van der Waals surface area contributed by atoms with Crippen molar-refractivity contribution in [3.05, 3.63) is 66.0 Å². The summed E-state index contributed by atoms with van der Waals surface area (Å²) < 4.78 is 76.1. The van der Waals surface area contributed by atoms with Crippen molar-refractivity contribution in [1.82, 2.24) is 34.4 Å². The van der Waals surface area contributed by atoms with Crippen molar-refractivity contribution in [3.8, 4) is 28.6 Å². The molecule has 0 aliphatic heterocycles. The van der Waals surface area contributed by atoms with Gasteiger partial charge in [0.25, 0.3) is 10.0 Å². The quantitative estimate of drug-likeness (QED) is 0.164. The van der Waals surface area contributed by atoms with E-state index in [2.05, 4.69) is 34.6 Å². The molecule has 0 saturated carbocycles. The number of nitrogens with one attached hydrogen (secondary N) is 2. The van der Waals surface area contributed by atoms with E-state index in [0.29, 0.717) is 11.1 Å². The molecule has 3 N–H and O–H groups in total. The number of anilines is 1. The summed E-state index contributed by atoms with van der Waals surface area (Å²) in [7, 11) is -2.05. The normalized spacial score (nSPS) is 14.7. The molecule has 0 spiro atoms. The fourth-order valence-corrected chi connectivity index (χ4v) is 6.55. The van der Waals surface area contributed by atoms with Crippen LogP contribution in [-0.2, 0) is 26.0 Å². The third-order valence-electron chi connectivity index (χ3n) is 6.63. The molecule has 18 heteroatoms. The van der Waals surface area contributed by atoms with Crippen LogP contribution in [0.5, 0.6) is 11.5 Å². The number of aryl methyl sites for hydroxylation is 2. The van der Waals surface area contributed by atoms with Gasteiger partial charge in [-0.05, 0) is 63.9 Å². The number of hydrogen-bond donors (Lipinski definition) is 3. The Morgan fingerprint density at radius 1 is 1.02 bits per heavy atom. The van der Waals surface area contributed by atoms with E-state index in [0.717, 1.165) is 12.5 Å². The summed E-state index contributed by atoms with van der Waals surface area (Å²) in [5, 5.41) is 18.8. The van der Waals surface area contributed by atoms with Gasteiger partial charge in [0.2, 0.25) is 5.95 Å². The van der Waals surface area contributed by atoms with Crippen LogP contribution in [0.4, 0.5) is 5.95 Å². The molecule has 1 unspecified atom stereocenters. The Balaban J connectivity index is 1.95. The first kappa shape index (κ1) is 34.8. The Morgan fingerprint density at radius 2 is 1.65 bits per heavy atom. The Morgan fingerprint density at radius 3 is 2.20 bits per heavy atom. The summed E-state index contributed by atoms with van der Waals surface area (Å²) in [5.74, 6) is 0.204. The molecule has 0 aliphatic rings. The maximum absolute atomic E-state index is 14.5. The molecule has 1 aromatic carbocycles. The Bertz CT molecular complexity index is 1790. The van der Waals surface area contributed by atoms with Gasteiger partial charge in [-0.2, -0.15) is 0 Å². The molecule has 3 atom stereocenters. The van der Waals surface area contributed by atoms with Crippen LogP contribution in [0.15, 0.2) is 49.1 Å². The van der Waals surface area contributed by atoms with Gasteiger partial charge in [-0.15, -0.1) is 10.2 Å². The minimum absolute atomic E-state index is 0.162. The van der Waals surface area contributed by atoms with Gasteiger partial charge in [-0.3, -0.25) is 13.8 Å². The number of ether oxygens (including phenoxy) is 3. The number of para-hydroxylation sites is 1. The molecule has 3 aromatic heterocycles. The summed E-state index contributed by atoms with van der Waals surface area (Å²) in [6.07, 6.45) is 4.33. The predicted molar refractivity (Wildman–Crippen MR) is 167 cm³/mol. The number of methoxy groups -OCH3 is 2. The van der Waals surface area contributed by atoms with E-state index in [9.17, 15) is 22.3 Å². The molecule has 0 saturated heterocycles. The smallest absolute Gasteiger partial charge is 0.257 e. The molecule has 0 radical (unpaired) electrons. The highest BCUT2D eigenvalue weighted by Crippen LogP contribution is 2.39. The van der Waals surface area contributed by atoms with Crippen LogP contribution in [0, 0.1) is 13.8 Å². The average molecular weight is 676 g/mol. The second kappa shape index (κ2) is 13.7. The van der Waals surface area contributed by atoms with E-state index in [1.54, 1.807) is 37.4 Å². The molecule has 0 bridgehead atoms. The largest absolute Gasteiger partial charge is 0.760 e. The van der Waals surface area contributed by atoms with E-state index < -0.39 is 44.5 Å². The SMILES string of the molecule is COc1cccc(OC)c1-n1c(NS(=O)(=O)[C@](C)(NS(=O)[O-])[C@H](OCC(C)(C)O)c2ncc(C)cn2)nnc1-c1cncc(C)c1. The van der Waals surface area contributed by atoms with Crippen LogP contribution in [0.1, 0.15) is 43.8 Å². The van der Waals surface area contributed by atoms with Crippen molar-refractivity contribution in [3.63, 3.8) is 0 Å². The molecule has 248 valence electrons. The zero-order valence-corrected chi connectivity index (χ0v) is 27.8. The molecular weight excluding hydrogens is 640 g/mol. The summed E-state index contributed by atoms with van der Waals surface area (Å²) in [6.45, 7) is 7.10. The lowest BCUT2D eigenvalue weighted by Gasteiger charge is -2.37. The monoisotopic (exact) mass is 675 g/mol. The number of aliphatic hydroxyl groups is 1. The highest BCUT2D eigenvalue weighted by molar-refractivity contribution is 7.94. The van der Waals surface area contributed by atoms with Gasteiger partial charge in [0.05, 0.1) is 26.4 Å². The Labute approximate surface area is 269 Å². The maximum atomic E-state index is 14.5. The van der Waals surface area contributed by atoms with E-state index in [-0.39, 0.29) is 34.8 Å². The minimum atomic E-state index is -4.90. The van der Waals surface area contributed by atoms with Crippen molar-refractivity contribution >= 4 is 27.2 Å².